The molecule has 0 aliphatic rings. The lowest BCUT2D eigenvalue weighted by Gasteiger charge is -2.17. The second-order valence-corrected chi connectivity index (χ2v) is 5.99. The molecule has 0 heterocycles. The van der Waals surface area contributed by atoms with Gasteiger partial charge in [0.2, 0.25) is 0 Å². The van der Waals surface area contributed by atoms with Gasteiger partial charge in [0.15, 0.2) is 0 Å². The van der Waals surface area contributed by atoms with Gasteiger partial charge < -0.3 is 10.1 Å². The molecule has 1 rings (SSSR count). The molecule has 0 bridgehead atoms. The standard InChI is InChI=1S/C18H26ClNO3/c1-3-4-5-6-7-8-13-16(18(22)23-2)20-17(21)14-11-9-10-12-15(14)19/h9-12,16H,3-8,13H2,1-2H3,(H,20,21)/t16-/m0/s1. The topological polar surface area (TPSA) is 55.4 Å². The zero-order valence-electron chi connectivity index (χ0n) is 13.9. The molecule has 0 fully saturated rings. The van der Waals surface area contributed by atoms with Gasteiger partial charge in [0.05, 0.1) is 17.7 Å². The highest BCUT2D eigenvalue weighted by atomic mass is 35.5. The van der Waals surface area contributed by atoms with Crippen LogP contribution in [0.2, 0.25) is 5.02 Å². The molecule has 0 unspecified atom stereocenters. The molecule has 0 aliphatic carbocycles. The zero-order chi connectivity index (χ0) is 17.1. The van der Waals surface area contributed by atoms with E-state index in [1.807, 2.05) is 0 Å². The van der Waals surface area contributed by atoms with Gasteiger partial charge in [-0.05, 0) is 18.6 Å². The highest BCUT2D eigenvalue weighted by Crippen LogP contribution is 2.16. The number of nitrogens with one attached hydrogen (secondary N) is 1. The maximum Gasteiger partial charge on any atom is 0.328 e. The van der Waals surface area contributed by atoms with Crippen LogP contribution < -0.4 is 5.32 Å². The molecule has 5 heteroatoms. The quantitative estimate of drug-likeness (QED) is 0.509. The van der Waals surface area contributed by atoms with E-state index in [0.717, 1.165) is 19.3 Å². The number of esters is 1. The number of benzene rings is 1. The molecule has 4 nitrogen and oxygen atoms in total. The fourth-order valence-electron chi connectivity index (χ4n) is 2.40. The smallest absolute Gasteiger partial charge is 0.328 e. The minimum Gasteiger partial charge on any atom is -0.467 e. The van der Waals surface area contributed by atoms with Gasteiger partial charge in [0.1, 0.15) is 6.04 Å². The van der Waals surface area contributed by atoms with E-state index >= 15 is 0 Å². The highest BCUT2D eigenvalue weighted by molar-refractivity contribution is 6.33. The predicted molar refractivity (Wildman–Crippen MR) is 92.7 cm³/mol. The van der Waals surface area contributed by atoms with E-state index in [9.17, 15) is 9.59 Å². The minimum absolute atomic E-state index is 0.350. The summed E-state index contributed by atoms with van der Waals surface area (Å²) < 4.78 is 4.79. The van der Waals surface area contributed by atoms with Gasteiger partial charge in [-0.15, -0.1) is 0 Å². The van der Waals surface area contributed by atoms with Crippen LogP contribution in [0.15, 0.2) is 24.3 Å². The molecular weight excluding hydrogens is 314 g/mol. The van der Waals surface area contributed by atoms with Crippen molar-refractivity contribution in [1.29, 1.82) is 0 Å². The van der Waals surface area contributed by atoms with Gasteiger partial charge in [-0.25, -0.2) is 4.79 Å². The van der Waals surface area contributed by atoms with Gasteiger partial charge in [0, 0.05) is 0 Å². The number of ether oxygens (including phenoxy) is 1. The van der Waals surface area contributed by atoms with E-state index in [2.05, 4.69) is 12.2 Å². The summed E-state index contributed by atoms with van der Waals surface area (Å²) >= 11 is 6.01. The van der Waals surface area contributed by atoms with E-state index in [1.54, 1.807) is 24.3 Å². The molecule has 1 N–H and O–H groups in total. The third-order valence-corrected chi connectivity index (χ3v) is 4.09. The number of rotatable bonds is 10. The monoisotopic (exact) mass is 339 g/mol. The van der Waals surface area contributed by atoms with Crippen LogP contribution in [0, 0.1) is 0 Å². The zero-order valence-corrected chi connectivity index (χ0v) is 14.7. The first-order valence-corrected chi connectivity index (χ1v) is 8.61. The van der Waals surface area contributed by atoms with E-state index < -0.39 is 12.0 Å². The van der Waals surface area contributed by atoms with Crippen LogP contribution >= 0.6 is 11.6 Å². The van der Waals surface area contributed by atoms with Crippen molar-refractivity contribution in [2.75, 3.05) is 7.11 Å². The summed E-state index contributed by atoms with van der Waals surface area (Å²) in [6.45, 7) is 2.18. The van der Waals surface area contributed by atoms with Crippen molar-refractivity contribution < 1.29 is 14.3 Å². The molecule has 0 aliphatic heterocycles. The van der Waals surface area contributed by atoms with Gasteiger partial charge in [-0.3, -0.25) is 4.79 Å². The molecule has 0 spiro atoms. The summed E-state index contributed by atoms with van der Waals surface area (Å²) in [5, 5.41) is 3.10. The van der Waals surface area contributed by atoms with E-state index in [0.29, 0.717) is 17.0 Å². The third kappa shape index (κ3) is 7.04. The van der Waals surface area contributed by atoms with Crippen LogP contribution in [0.25, 0.3) is 0 Å². The summed E-state index contributed by atoms with van der Waals surface area (Å²) in [7, 11) is 1.33. The van der Waals surface area contributed by atoms with E-state index in [-0.39, 0.29) is 5.91 Å². The molecular formula is C18H26ClNO3. The molecule has 23 heavy (non-hydrogen) atoms. The Morgan fingerprint density at radius 3 is 2.43 bits per heavy atom. The Morgan fingerprint density at radius 1 is 1.13 bits per heavy atom. The lowest BCUT2D eigenvalue weighted by Crippen LogP contribution is -2.41. The molecule has 0 aromatic heterocycles. The number of hydrogen-bond acceptors (Lipinski definition) is 3. The van der Waals surface area contributed by atoms with Crippen molar-refractivity contribution in [2.24, 2.45) is 0 Å². The largest absolute Gasteiger partial charge is 0.467 e. The SMILES string of the molecule is CCCCCCCC[C@H](NC(=O)c1ccccc1Cl)C(=O)OC. The van der Waals surface area contributed by atoms with Crippen LogP contribution in [0.1, 0.15) is 62.2 Å². The maximum atomic E-state index is 12.3. The fourth-order valence-corrected chi connectivity index (χ4v) is 2.62. The van der Waals surface area contributed by atoms with Gasteiger partial charge in [0.25, 0.3) is 5.91 Å². The highest BCUT2D eigenvalue weighted by Gasteiger charge is 2.22. The predicted octanol–water partition coefficient (Wildman–Crippen LogP) is 4.36. The molecule has 1 aromatic rings. The first-order valence-electron chi connectivity index (χ1n) is 8.23. The number of carbonyl (C=O) groups excluding carboxylic acids is 2. The Kier molecular flexibility index (Phi) is 9.37. The number of carbonyl (C=O) groups is 2. The van der Waals surface area contributed by atoms with E-state index in [4.69, 9.17) is 16.3 Å². The molecule has 1 atom stereocenters. The average molecular weight is 340 g/mol. The minimum atomic E-state index is -0.630. The van der Waals surface area contributed by atoms with Crippen molar-refractivity contribution in [3.63, 3.8) is 0 Å². The number of unbranched alkanes of at least 4 members (excludes halogenated alkanes) is 5. The van der Waals surface area contributed by atoms with Crippen LogP contribution in [0.4, 0.5) is 0 Å². The average Bonchev–Trinajstić information content (AvgIpc) is 2.56. The second kappa shape index (κ2) is 11.1. The van der Waals surface area contributed by atoms with Crippen LogP contribution in [-0.2, 0) is 9.53 Å². The van der Waals surface area contributed by atoms with Crippen molar-refractivity contribution in [1.82, 2.24) is 5.32 Å². The number of hydrogen-bond donors (Lipinski definition) is 1. The third-order valence-electron chi connectivity index (χ3n) is 3.76. The number of amides is 1. The van der Waals surface area contributed by atoms with Crippen LogP contribution in [0.5, 0.6) is 0 Å². The Bertz CT molecular complexity index is 505. The Balaban J connectivity index is 2.53. The van der Waals surface area contributed by atoms with Crippen molar-refractivity contribution in [3.8, 4) is 0 Å². The second-order valence-electron chi connectivity index (χ2n) is 5.59. The van der Waals surface area contributed by atoms with Crippen molar-refractivity contribution in [2.45, 2.75) is 57.9 Å². The fraction of sp³-hybridized carbons (Fsp3) is 0.556. The first-order chi connectivity index (χ1) is 11.1. The normalized spacial score (nSPS) is 11.8. The summed E-state index contributed by atoms with van der Waals surface area (Å²) in [6.07, 6.45) is 7.32. The summed E-state index contributed by atoms with van der Waals surface area (Å²) in [6, 6.07) is 6.15. The Hall–Kier alpha value is -1.55. The van der Waals surface area contributed by atoms with Crippen LogP contribution in [0.3, 0.4) is 0 Å². The molecule has 0 radical (unpaired) electrons. The lowest BCUT2D eigenvalue weighted by atomic mass is 10.1. The summed E-state index contributed by atoms with van der Waals surface area (Å²) in [5.41, 5.74) is 0.367. The number of halogens is 1. The number of methoxy groups -OCH3 is 1. The molecule has 0 saturated carbocycles. The first kappa shape index (κ1) is 19.5. The van der Waals surface area contributed by atoms with E-state index in [1.165, 1.54) is 26.4 Å². The van der Waals surface area contributed by atoms with Crippen LogP contribution in [-0.4, -0.2) is 25.0 Å². The lowest BCUT2D eigenvalue weighted by molar-refractivity contribution is -0.143. The summed E-state index contributed by atoms with van der Waals surface area (Å²) in [4.78, 5) is 24.1. The summed E-state index contributed by atoms with van der Waals surface area (Å²) in [5.74, 6) is -0.768. The molecule has 1 amide bonds. The Labute approximate surface area is 143 Å². The molecule has 1 aromatic carbocycles. The van der Waals surface area contributed by atoms with Gasteiger partial charge in [-0.2, -0.15) is 0 Å². The molecule has 128 valence electrons. The molecule has 0 saturated heterocycles. The van der Waals surface area contributed by atoms with Gasteiger partial charge in [-0.1, -0.05) is 69.2 Å². The van der Waals surface area contributed by atoms with Gasteiger partial charge >= 0.3 is 5.97 Å². The van der Waals surface area contributed by atoms with Crippen molar-refractivity contribution in [3.05, 3.63) is 34.9 Å². The Morgan fingerprint density at radius 2 is 1.78 bits per heavy atom. The van der Waals surface area contributed by atoms with Crippen molar-refractivity contribution >= 4 is 23.5 Å². The maximum absolute atomic E-state index is 12.3.